The van der Waals surface area contributed by atoms with E-state index in [1.165, 1.54) is 11.1 Å². The van der Waals surface area contributed by atoms with Crippen LogP contribution in [0.5, 0.6) is 0 Å². The maximum absolute atomic E-state index is 5.46. The van der Waals surface area contributed by atoms with E-state index in [4.69, 9.17) is 4.74 Å². The summed E-state index contributed by atoms with van der Waals surface area (Å²) in [5.74, 6) is 1.55. The third-order valence-corrected chi connectivity index (χ3v) is 4.17. The number of aliphatic imine (C=N–C) groups is 1. The fourth-order valence-electron chi connectivity index (χ4n) is 2.98. The molecule has 6 heteroatoms. The Morgan fingerprint density at radius 3 is 2.54 bits per heavy atom. The van der Waals surface area contributed by atoms with Crippen molar-refractivity contribution in [3.05, 3.63) is 35.4 Å². The lowest BCUT2D eigenvalue weighted by Crippen LogP contribution is -2.41. The van der Waals surface area contributed by atoms with Crippen molar-refractivity contribution in [1.82, 2.24) is 15.1 Å². The quantitative estimate of drug-likeness (QED) is 0.414. The van der Waals surface area contributed by atoms with Crippen LogP contribution >= 0.6 is 24.0 Å². The zero-order valence-corrected chi connectivity index (χ0v) is 17.6. The third-order valence-electron chi connectivity index (χ3n) is 4.17. The topological polar surface area (TPSA) is 40.1 Å². The predicted molar refractivity (Wildman–Crippen MR) is 111 cm³/mol. The first-order chi connectivity index (χ1) is 11.1. The molecular formula is C18H31IN4O. The Labute approximate surface area is 163 Å². The standard InChI is InChI=1S/C18H30N4O.HI/c1-19-18(22(4)12-15-9-10-23-14-15)20-11-16-7-5-6-8-17(16)13-21(2)3;/h5-8,15H,9-14H2,1-4H3,(H,19,20);1H. The van der Waals surface area contributed by atoms with Crippen LogP contribution < -0.4 is 5.32 Å². The number of ether oxygens (including phenoxy) is 1. The molecule has 2 rings (SSSR count). The van der Waals surface area contributed by atoms with Crippen molar-refractivity contribution in [2.45, 2.75) is 19.5 Å². The van der Waals surface area contributed by atoms with Crippen molar-refractivity contribution < 1.29 is 4.74 Å². The van der Waals surface area contributed by atoms with E-state index in [9.17, 15) is 0 Å². The Bertz CT molecular complexity index is 515. The van der Waals surface area contributed by atoms with Crippen LogP contribution in [0.4, 0.5) is 0 Å². The number of nitrogens with one attached hydrogen (secondary N) is 1. The van der Waals surface area contributed by atoms with Gasteiger partial charge in [0.1, 0.15) is 0 Å². The lowest BCUT2D eigenvalue weighted by Gasteiger charge is -2.25. The molecule has 0 radical (unpaired) electrons. The SMILES string of the molecule is CN=C(NCc1ccccc1CN(C)C)N(C)CC1CCOC1.I. The van der Waals surface area contributed by atoms with E-state index in [1.54, 1.807) is 0 Å². The maximum atomic E-state index is 5.46. The molecule has 24 heavy (non-hydrogen) atoms. The molecule has 1 atom stereocenters. The second-order valence-electron chi connectivity index (χ2n) is 6.52. The molecular weight excluding hydrogens is 415 g/mol. The monoisotopic (exact) mass is 446 g/mol. The molecule has 136 valence electrons. The normalized spacial score (nSPS) is 17.7. The lowest BCUT2D eigenvalue weighted by atomic mass is 10.1. The van der Waals surface area contributed by atoms with Crippen molar-refractivity contribution in [1.29, 1.82) is 0 Å². The summed E-state index contributed by atoms with van der Waals surface area (Å²) in [6, 6.07) is 8.57. The van der Waals surface area contributed by atoms with E-state index in [0.717, 1.165) is 45.2 Å². The Hall–Kier alpha value is -0.860. The van der Waals surface area contributed by atoms with E-state index < -0.39 is 0 Å². The van der Waals surface area contributed by atoms with Gasteiger partial charge in [0.2, 0.25) is 0 Å². The molecule has 1 aliphatic rings. The number of guanidine groups is 1. The van der Waals surface area contributed by atoms with Gasteiger partial charge in [0.15, 0.2) is 5.96 Å². The van der Waals surface area contributed by atoms with Crippen molar-refractivity contribution in [2.24, 2.45) is 10.9 Å². The van der Waals surface area contributed by atoms with Crippen molar-refractivity contribution in [2.75, 3.05) is 47.9 Å². The molecule has 1 aliphatic heterocycles. The van der Waals surface area contributed by atoms with Gasteiger partial charge in [-0.1, -0.05) is 24.3 Å². The van der Waals surface area contributed by atoms with Gasteiger partial charge in [-0.05, 0) is 31.6 Å². The smallest absolute Gasteiger partial charge is 0.193 e. The van der Waals surface area contributed by atoms with Gasteiger partial charge < -0.3 is 19.9 Å². The first-order valence-corrected chi connectivity index (χ1v) is 8.31. The Kier molecular flexibility index (Phi) is 9.61. The molecule has 0 aromatic heterocycles. The minimum atomic E-state index is 0. The molecule has 1 fully saturated rings. The van der Waals surface area contributed by atoms with Crippen LogP contribution in [0.1, 0.15) is 17.5 Å². The minimum absolute atomic E-state index is 0. The number of nitrogens with zero attached hydrogens (tertiary/aromatic N) is 3. The first-order valence-electron chi connectivity index (χ1n) is 8.31. The highest BCUT2D eigenvalue weighted by molar-refractivity contribution is 14.0. The highest BCUT2D eigenvalue weighted by Crippen LogP contribution is 2.14. The van der Waals surface area contributed by atoms with Gasteiger partial charge in [0.05, 0.1) is 6.61 Å². The van der Waals surface area contributed by atoms with E-state index in [1.807, 2.05) is 7.05 Å². The molecule has 0 bridgehead atoms. The Balaban J connectivity index is 0.00000288. The zero-order valence-electron chi connectivity index (χ0n) is 15.3. The van der Waals surface area contributed by atoms with Gasteiger partial charge in [-0.25, -0.2) is 0 Å². The van der Waals surface area contributed by atoms with Gasteiger partial charge >= 0.3 is 0 Å². The van der Waals surface area contributed by atoms with Gasteiger partial charge in [0, 0.05) is 46.3 Å². The van der Waals surface area contributed by atoms with Crippen molar-refractivity contribution >= 4 is 29.9 Å². The molecule has 1 saturated heterocycles. The molecule has 1 N–H and O–H groups in total. The molecule has 0 spiro atoms. The second kappa shape index (κ2) is 10.9. The number of benzene rings is 1. The van der Waals surface area contributed by atoms with Crippen LogP contribution in [-0.4, -0.2) is 63.7 Å². The zero-order chi connectivity index (χ0) is 16.7. The molecule has 0 amide bonds. The summed E-state index contributed by atoms with van der Waals surface area (Å²) in [4.78, 5) is 8.81. The Morgan fingerprint density at radius 1 is 1.25 bits per heavy atom. The summed E-state index contributed by atoms with van der Waals surface area (Å²) in [7, 11) is 8.14. The summed E-state index contributed by atoms with van der Waals surface area (Å²) in [5.41, 5.74) is 2.67. The molecule has 5 nitrogen and oxygen atoms in total. The van der Waals surface area contributed by atoms with Gasteiger partial charge in [-0.15, -0.1) is 24.0 Å². The van der Waals surface area contributed by atoms with Gasteiger partial charge in [0.25, 0.3) is 0 Å². The van der Waals surface area contributed by atoms with Gasteiger partial charge in [-0.3, -0.25) is 4.99 Å². The van der Waals surface area contributed by atoms with Crippen molar-refractivity contribution in [3.8, 4) is 0 Å². The molecule has 1 unspecified atom stereocenters. The summed E-state index contributed by atoms with van der Waals surface area (Å²) in [5, 5.41) is 3.49. The van der Waals surface area contributed by atoms with Crippen LogP contribution in [0, 0.1) is 5.92 Å². The number of rotatable bonds is 6. The van der Waals surface area contributed by atoms with Crippen LogP contribution in [-0.2, 0) is 17.8 Å². The summed E-state index contributed by atoms with van der Waals surface area (Å²) in [6.07, 6.45) is 1.15. The highest BCUT2D eigenvalue weighted by Gasteiger charge is 2.19. The van der Waals surface area contributed by atoms with E-state index in [0.29, 0.717) is 5.92 Å². The number of hydrogen-bond donors (Lipinski definition) is 1. The van der Waals surface area contributed by atoms with Crippen LogP contribution in [0.15, 0.2) is 29.3 Å². The summed E-state index contributed by atoms with van der Waals surface area (Å²) in [6.45, 7) is 4.49. The van der Waals surface area contributed by atoms with E-state index in [-0.39, 0.29) is 24.0 Å². The lowest BCUT2D eigenvalue weighted by molar-refractivity contribution is 0.181. The summed E-state index contributed by atoms with van der Waals surface area (Å²) >= 11 is 0. The average molecular weight is 446 g/mol. The molecule has 1 aromatic rings. The fourth-order valence-corrected chi connectivity index (χ4v) is 2.98. The predicted octanol–water partition coefficient (Wildman–Crippen LogP) is 2.41. The number of halogens is 1. The van der Waals surface area contributed by atoms with Crippen LogP contribution in [0.2, 0.25) is 0 Å². The van der Waals surface area contributed by atoms with E-state index in [2.05, 4.69) is 65.5 Å². The van der Waals surface area contributed by atoms with Gasteiger partial charge in [-0.2, -0.15) is 0 Å². The largest absolute Gasteiger partial charge is 0.381 e. The molecule has 0 aliphatic carbocycles. The average Bonchev–Trinajstić information content (AvgIpc) is 3.01. The molecule has 0 saturated carbocycles. The fraction of sp³-hybridized carbons (Fsp3) is 0.611. The maximum Gasteiger partial charge on any atom is 0.193 e. The number of hydrogen-bond acceptors (Lipinski definition) is 3. The van der Waals surface area contributed by atoms with E-state index >= 15 is 0 Å². The third kappa shape index (κ3) is 6.57. The minimum Gasteiger partial charge on any atom is -0.381 e. The summed E-state index contributed by atoms with van der Waals surface area (Å²) < 4.78 is 5.46. The first kappa shape index (κ1) is 21.2. The van der Waals surface area contributed by atoms with Crippen LogP contribution in [0.25, 0.3) is 0 Å². The highest BCUT2D eigenvalue weighted by atomic mass is 127. The molecule has 1 heterocycles. The van der Waals surface area contributed by atoms with Crippen LogP contribution in [0.3, 0.4) is 0 Å². The molecule has 1 aromatic carbocycles. The Morgan fingerprint density at radius 2 is 1.96 bits per heavy atom. The van der Waals surface area contributed by atoms with Crippen molar-refractivity contribution in [3.63, 3.8) is 0 Å². The second-order valence-corrected chi connectivity index (χ2v) is 6.52.